The maximum atomic E-state index is 13.5. The minimum absolute atomic E-state index is 0.0871. The number of amides is 1. The number of nitrogens with zero attached hydrogens (tertiary/aromatic N) is 2. The van der Waals surface area contributed by atoms with Gasteiger partial charge in [0.05, 0.1) is 16.5 Å². The highest BCUT2D eigenvalue weighted by molar-refractivity contribution is 5.76. The monoisotopic (exact) mass is 373 g/mol. The van der Waals surface area contributed by atoms with Crippen molar-refractivity contribution < 1.29 is 18.5 Å². The molecule has 1 aromatic heterocycles. The molecule has 0 fully saturated rings. The summed E-state index contributed by atoms with van der Waals surface area (Å²) in [5, 5.41) is 13.4. The van der Waals surface area contributed by atoms with Gasteiger partial charge in [-0.1, -0.05) is 18.2 Å². The molecule has 0 unspecified atom stereocenters. The van der Waals surface area contributed by atoms with Crippen LogP contribution in [0.25, 0.3) is 11.1 Å². The third kappa shape index (κ3) is 4.20. The van der Waals surface area contributed by atoms with E-state index in [0.29, 0.717) is 17.5 Å². The number of aromatic nitrogens is 1. The number of hydrogen-bond donors (Lipinski definition) is 1. The number of carbonyl (C=O) groups is 1. The lowest BCUT2D eigenvalue weighted by Crippen LogP contribution is -2.24. The smallest absolute Gasteiger partial charge is 0.407 e. The van der Waals surface area contributed by atoms with Crippen LogP contribution in [0.3, 0.4) is 0 Å². The molecule has 9 heteroatoms. The van der Waals surface area contributed by atoms with Gasteiger partial charge < -0.3 is 9.73 Å². The molecule has 140 valence electrons. The van der Waals surface area contributed by atoms with Crippen LogP contribution in [0.2, 0.25) is 0 Å². The van der Waals surface area contributed by atoms with E-state index in [0.717, 1.165) is 0 Å². The van der Waals surface area contributed by atoms with Crippen molar-refractivity contribution in [3.63, 3.8) is 0 Å². The third-order valence-corrected chi connectivity index (χ3v) is 4.08. The molecule has 0 bridgehead atoms. The van der Waals surface area contributed by atoms with Gasteiger partial charge in [0.2, 0.25) is 5.91 Å². The highest BCUT2D eigenvalue weighted by Crippen LogP contribution is 2.20. The molecule has 3 rings (SSSR count). The molecule has 0 radical (unpaired) electrons. The highest BCUT2D eigenvalue weighted by Gasteiger charge is 2.14. The van der Waals surface area contributed by atoms with Crippen LogP contribution in [0.1, 0.15) is 18.4 Å². The van der Waals surface area contributed by atoms with E-state index in [9.17, 15) is 24.1 Å². The van der Waals surface area contributed by atoms with Gasteiger partial charge in [0.1, 0.15) is 5.82 Å². The minimum Gasteiger partial charge on any atom is -0.407 e. The zero-order valence-electron chi connectivity index (χ0n) is 14.2. The Morgan fingerprint density at radius 1 is 1.26 bits per heavy atom. The fourth-order valence-electron chi connectivity index (χ4n) is 2.70. The molecular weight excluding hydrogens is 357 g/mol. The summed E-state index contributed by atoms with van der Waals surface area (Å²) in [5.74, 6) is -1.30. The number of aryl methyl sites for hydroxylation is 1. The Balaban J connectivity index is 1.58. The van der Waals surface area contributed by atoms with Crippen molar-refractivity contribution >= 4 is 22.7 Å². The molecule has 0 aliphatic rings. The van der Waals surface area contributed by atoms with Gasteiger partial charge in [-0.25, -0.2) is 9.18 Å². The van der Waals surface area contributed by atoms with Crippen molar-refractivity contribution in [3.05, 3.63) is 74.5 Å². The number of halogens is 1. The molecule has 3 aromatic rings. The van der Waals surface area contributed by atoms with Crippen LogP contribution in [0.15, 0.2) is 51.7 Å². The summed E-state index contributed by atoms with van der Waals surface area (Å²) in [6.45, 7) is 0.306. The Morgan fingerprint density at radius 3 is 2.78 bits per heavy atom. The van der Waals surface area contributed by atoms with Gasteiger partial charge in [-0.3, -0.25) is 19.5 Å². The zero-order valence-corrected chi connectivity index (χ0v) is 14.2. The Labute approximate surface area is 152 Å². The lowest BCUT2D eigenvalue weighted by atomic mass is 10.2. The van der Waals surface area contributed by atoms with E-state index in [4.69, 9.17) is 4.42 Å². The molecule has 27 heavy (non-hydrogen) atoms. The molecule has 0 aliphatic carbocycles. The average Bonchev–Trinajstić information content (AvgIpc) is 2.95. The topological polar surface area (TPSA) is 107 Å². The number of carbonyl (C=O) groups excluding carboxylic acids is 1. The SMILES string of the molecule is O=C(CCCn1c(=O)oc2cc([N+](=O)[O-])ccc21)NCc1ccccc1F. The largest absolute Gasteiger partial charge is 0.419 e. The molecule has 1 N–H and O–H groups in total. The molecule has 2 aromatic carbocycles. The summed E-state index contributed by atoms with van der Waals surface area (Å²) >= 11 is 0. The number of oxazole rings is 1. The maximum absolute atomic E-state index is 13.5. The Kier molecular flexibility index (Phi) is 5.30. The van der Waals surface area contributed by atoms with Gasteiger partial charge in [0.15, 0.2) is 5.58 Å². The van der Waals surface area contributed by atoms with E-state index in [1.165, 1.54) is 28.8 Å². The minimum atomic E-state index is -0.641. The van der Waals surface area contributed by atoms with Gasteiger partial charge in [-0.15, -0.1) is 0 Å². The summed E-state index contributed by atoms with van der Waals surface area (Å²) in [6.07, 6.45) is 0.495. The fourth-order valence-corrected chi connectivity index (χ4v) is 2.70. The number of fused-ring (bicyclic) bond motifs is 1. The summed E-state index contributed by atoms with van der Waals surface area (Å²) in [5.41, 5.74) is 0.774. The molecule has 1 amide bonds. The van der Waals surface area contributed by atoms with Crippen molar-refractivity contribution in [2.45, 2.75) is 25.9 Å². The molecule has 1 heterocycles. The summed E-state index contributed by atoms with van der Waals surface area (Å²) in [6, 6.07) is 10.1. The van der Waals surface area contributed by atoms with Crippen LogP contribution >= 0.6 is 0 Å². The van der Waals surface area contributed by atoms with Crippen LogP contribution in [0, 0.1) is 15.9 Å². The normalized spacial score (nSPS) is 10.9. The number of benzene rings is 2. The van der Waals surface area contributed by atoms with Crippen LogP contribution in [-0.2, 0) is 17.9 Å². The zero-order chi connectivity index (χ0) is 19.4. The summed E-state index contributed by atoms with van der Waals surface area (Å²) < 4.78 is 19.9. The Morgan fingerprint density at radius 2 is 2.04 bits per heavy atom. The van der Waals surface area contributed by atoms with Crippen molar-refractivity contribution in [3.8, 4) is 0 Å². The second kappa shape index (κ2) is 7.81. The molecular formula is C18H16FN3O5. The summed E-state index contributed by atoms with van der Waals surface area (Å²) in [4.78, 5) is 34.0. The molecule has 0 saturated carbocycles. The fraction of sp³-hybridized carbons (Fsp3) is 0.222. The molecule has 0 spiro atoms. The maximum Gasteiger partial charge on any atom is 0.419 e. The molecule has 8 nitrogen and oxygen atoms in total. The standard InChI is InChI=1S/C18H16FN3O5/c19-14-5-2-1-4-12(14)11-20-17(23)6-3-9-21-15-8-7-13(22(25)26)10-16(15)27-18(21)24/h1-2,4-5,7-8,10H,3,6,9,11H2,(H,20,23). The van der Waals surface area contributed by atoms with Gasteiger partial charge in [0, 0.05) is 31.1 Å². The molecule has 0 saturated heterocycles. The van der Waals surface area contributed by atoms with Crippen LogP contribution in [0.5, 0.6) is 0 Å². The Hall–Kier alpha value is -3.49. The number of hydrogen-bond acceptors (Lipinski definition) is 5. The second-order valence-corrected chi connectivity index (χ2v) is 5.90. The number of nitro benzene ring substituents is 1. The van der Waals surface area contributed by atoms with E-state index < -0.39 is 10.7 Å². The van der Waals surface area contributed by atoms with Crippen molar-refractivity contribution in [2.24, 2.45) is 0 Å². The number of nitrogens with one attached hydrogen (secondary N) is 1. The van der Waals surface area contributed by atoms with E-state index >= 15 is 0 Å². The predicted octanol–water partition coefficient (Wildman–Crippen LogP) is 2.74. The second-order valence-electron chi connectivity index (χ2n) is 5.90. The van der Waals surface area contributed by atoms with Gasteiger partial charge in [0.25, 0.3) is 5.69 Å². The molecule has 0 aliphatic heterocycles. The number of nitro groups is 1. The highest BCUT2D eigenvalue weighted by atomic mass is 19.1. The number of rotatable bonds is 7. The first-order valence-electron chi connectivity index (χ1n) is 8.23. The van der Waals surface area contributed by atoms with Crippen LogP contribution in [0.4, 0.5) is 10.1 Å². The van der Waals surface area contributed by atoms with Crippen molar-refractivity contribution in [2.75, 3.05) is 0 Å². The summed E-state index contributed by atoms with van der Waals surface area (Å²) in [7, 11) is 0. The van der Waals surface area contributed by atoms with E-state index in [1.807, 2.05) is 0 Å². The first-order valence-corrected chi connectivity index (χ1v) is 8.23. The van der Waals surface area contributed by atoms with E-state index in [-0.39, 0.29) is 42.5 Å². The first-order chi connectivity index (χ1) is 13.0. The number of non-ortho nitro benzene ring substituents is 1. The average molecular weight is 373 g/mol. The lowest BCUT2D eigenvalue weighted by Gasteiger charge is -2.06. The van der Waals surface area contributed by atoms with Gasteiger partial charge in [-0.05, 0) is 18.6 Å². The lowest BCUT2D eigenvalue weighted by molar-refractivity contribution is -0.384. The van der Waals surface area contributed by atoms with E-state index in [1.54, 1.807) is 18.2 Å². The Bertz CT molecular complexity index is 1060. The van der Waals surface area contributed by atoms with Crippen LogP contribution < -0.4 is 11.1 Å². The van der Waals surface area contributed by atoms with Gasteiger partial charge in [-0.2, -0.15) is 0 Å². The van der Waals surface area contributed by atoms with E-state index in [2.05, 4.69) is 5.32 Å². The van der Waals surface area contributed by atoms with Crippen LogP contribution in [-0.4, -0.2) is 15.4 Å². The molecule has 0 atom stereocenters. The van der Waals surface area contributed by atoms with Gasteiger partial charge >= 0.3 is 5.76 Å². The quantitative estimate of drug-likeness (QED) is 0.506. The third-order valence-electron chi connectivity index (χ3n) is 4.08. The van der Waals surface area contributed by atoms with Crippen molar-refractivity contribution in [1.82, 2.24) is 9.88 Å². The first kappa shape index (κ1) is 18.3. The predicted molar refractivity (Wildman–Crippen MR) is 94.6 cm³/mol. The van der Waals surface area contributed by atoms with Crippen molar-refractivity contribution in [1.29, 1.82) is 0 Å².